The Labute approximate surface area is 284 Å². The van der Waals surface area contributed by atoms with Gasteiger partial charge in [0.25, 0.3) is 0 Å². The summed E-state index contributed by atoms with van der Waals surface area (Å²) < 4.78 is 0. The Balaban J connectivity index is 2.25. The Hall–Kier alpha value is -2.93. The molecule has 3 amide bonds. The number of hydrogen-bond acceptors (Lipinski definition) is 6. The SMILES string of the molecule is CC#CC[C@H](NC(=O)C(CC(=O)N(C)CCN(CC)CC)Cc1ccccc1)C(=O)NC(CC1CCCCC1)[C@@H](O)C(O)CC(C)C. The average Bonchev–Trinajstić information content (AvgIpc) is 3.06. The zero-order valence-electron chi connectivity index (χ0n) is 29.8. The van der Waals surface area contributed by atoms with Crippen molar-refractivity contribution in [3.05, 3.63) is 35.9 Å². The highest BCUT2D eigenvalue weighted by Gasteiger charge is 2.34. The number of nitrogens with zero attached hydrogens (tertiary/aromatic N) is 2. The molecule has 9 heteroatoms. The molecule has 1 fully saturated rings. The lowest BCUT2D eigenvalue weighted by Gasteiger charge is -2.33. The summed E-state index contributed by atoms with van der Waals surface area (Å²) in [4.78, 5) is 45.0. The molecule has 47 heavy (non-hydrogen) atoms. The molecule has 0 radical (unpaired) electrons. The van der Waals surface area contributed by atoms with Crippen LogP contribution in [0.15, 0.2) is 30.3 Å². The molecule has 264 valence electrons. The molecule has 1 aliphatic rings. The van der Waals surface area contributed by atoms with E-state index < -0.39 is 36.1 Å². The fourth-order valence-electron chi connectivity index (χ4n) is 6.42. The lowest BCUT2D eigenvalue weighted by atomic mass is 9.82. The fourth-order valence-corrected chi connectivity index (χ4v) is 6.42. The van der Waals surface area contributed by atoms with Gasteiger partial charge in [0.2, 0.25) is 17.7 Å². The molecule has 0 saturated heterocycles. The van der Waals surface area contributed by atoms with Crippen LogP contribution >= 0.6 is 0 Å². The van der Waals surface area contributed by atoms with E-state index in [1.807, 2.05) is 44.2 Å². The summed E-state index contributed by atoms with van der Waals surface area (Å²) in [5.74, 6) is 4.63. The van der Waals surface area contributed by atoms with Crippen LogP contribution in [0.1, 0.15) is 98.0 Å². The number of carbonyl (C=O) groups excluding carboxylic acids is 3. The maximum atomic E-state index is 13.9. The minimum atomic E-state index is -1.13. The van der Waals surface area contributed by atoms with Gasteiger partial charge in [0.1, 0.15) is 12.1 Å². The van der Waals surface area contributed by atoms with E-state index in [1.165, 1.54) is 6.42 Å². The number of nitrogens with one attached hydrogen (secondary N) is 2. The van der Waals surface area contributed by atoms with Gasteiger partial charge in [-0.15, -0.1) is 11.8 Å². The summed E-state index contributed by atoms with van der Waals surface area (Å²) in [6.07, 6.45) is 4.79. The van der Waals surface area contributed by atoms with Crippen LogP contribution in [0.4, 0.5) is 0 Å². The van der Waals surface area contributed by atoms with Gasteiger partial charge >= 0.3 is 0 Å². The average molecular weight is 655 g/mol. The Bertz CT molecular complexity index is 1120. The molecule has 3 unspecified atom stereocenters. The van der Waals surface area contributed by atoms with Crippen molar-refractivity contribution < 1.29 is 24.6 Å². The van der Waals surface area contributed by atoms with E-state index in [9.17, 15) is 24.6 Å². The van der Waals surface area contributed by atoms with Crippen molar-refractivity contribution in [2.75, 3.05) is 33.2 Å². The van der Waals surface area contributed by atoms with Gasteiger partial charge in [0.05, 0.1) is 18.1 Å². The highest BCUT2D eigenvalue weighted by Crippen LogP contribution is 2.29. The van der Waals surface area contributed by atoms with Crippen LogP contribution in [-0.2, 0) is 20.8 Å². The van der Waals surface area contributed by atoms with Crippen molar-refractivity contribution in [2.45, 2.75) is 123 Å². The Morgan fingerprint density at radius 3 is 2.21 bits per heavy atom. The minimum absolute atomic E-state index is 0.00763. The van der Waals surface area contributed by atoms with E-state index in [4.69, 9.17) is 0 Å². The van der Waals surface area contributed by atoms with Crippen molar-refractivity contribution in [3.8, 4) is 11.8 Å². The summed E-state index contributed by atoms with van der Waals surface area (Å²) in [5.41, 5.74) is 0.926. The molecule has 1 aliphatic carbocycles. The van der Waals surface area contributed by atoms with E-state index in [-0.39, 0.29) is 30.6 Å². The molecule has 0 bridgehead atoms. The van der Waals surface area contributed by atoms with Crippen LogP contribution in [0.2, 0.25) is 0 Å². The zero-order chi connectivity index (χ0) is 34.8. The lowest BCUT2D eigenvalue weighted by Crippen LogP contribution is -2.56. The predicted octanol–water partition coefficient (Wildman–Crippen LogP) is 4.16. The van der Waals surface area contributed by atoms with Crippen LogP contribution in [-0.4, -0.2) is 95.3 Å². The third kappa shape index (κ3) is 14.8. The number of hydrogen-bond donors (Lipinski definition) is 4. The van der Waals surface area contributed by atoms with Gasteiger partial charge in [-0.2, -0.15) is 0 Å². The van der Waals surface area contributed by atoms with Crippen LogP contribution in [0.25, 0.3) is 0 Å². The van der Waals surface area contributed by atoms with E-state index in [1.54, 1.807) is 18.9 Å². The normalized spacial score (nSPS) is 16.8. The molecule has 0 spiro atoms. The van der Waals surface area contributed by atoms with E-state index in [0.29, 0.717) is 31.7 Å². The van der Waals surface area contributed by atoms with Gasteiger partial charge in [-0.05, 0) is 56.7 Å². The first-order valence-corrected chi connectivity index (χ1v) is 17.9. The number of rotatable bonds is 20. The number of amides is 3. The maximum Gasteiger partial charge on any atom is 0.243 e. The smallest absolute Gasteiger partial charge is 0.243 e. The maximum absolute atomic E-state index is 13.9. The van der Waals surface area contributed by atoms with Gasteiger partial charge in [-0.25, -0.2) is 0 Å². The quantitative estimate of drug-likeness (QED) is 0.157. The van der Waals surface area contributed by atoms with Gasteiger partial charge < -0.3 is 30.6 Å². The summed E-state index contributed by atoms with van der Waals surface area (Å²) in [7, 11) is 1.77. The van der Waals surface area contributed by atoms with Gasteiger partial charge in [0.15, 0.2) is 0 Å². The zero-order valence-corrected chi connectivity index (χ0v) is 29.8. The monoisotopic (exact) mass is 654 g/mol. The predicted molar refractivity (Wildman–Crippen MR) is 188 cm³/mol. The number of benzene rings is 1. The first kappa shape index (κ1) is 40.2. The molecule has 1 aromatic rings. The molecule has 0 aliphatic heterocycles. The van der Waals surface area contributed by atoms with E-state index in [0.717, 1.165) is 50.9 Å². The van der Waals surface area contributed by atoms with Gasteiger partial charge in [0, 0.05) is 33.0 Å². The van der Waals surface area contributed by atoms with E-state index >= 15 is 0 Å². The molecule has 4 N–H and O–H groups in total. The van der Waals surface area contributed by atoms with Crippen molar-refractivity contribution >= 4 is 17.7 Å². The molecule has 0 aromatic heterocycles. The minimum Gasteiger partial charge on any atom is -0.390 e. The highest BCUT2D eigenvalue weighted by atomic mass is 16.3. The largest absolute Gasteiger partial charge is 0.390 e. The second-order valence-electron chi connectivity index (χ2n) is 13.7. The first-order valence-electron chi connectivity index (χ1n) is 17.9. The van der Waals surface area contributed by atoms with Crippen molar-refractivity contribution in [3.63, 3.8) is 0 Å². The number of likely N-dealkylation sites (N-methyl/N-ethyl adjacent to an activating group) is 2. The third-order valence-electron chi connectivity index (χ3n) is 9.46. The summed E-state index contributed by atoms with van der Waals surface area (Å²) >= 11 is 0. The van der Waals surface area contributed by atoms with Crippen LogP contribution in [0, 0.1) is 29.6 Å². The molecule has 1 aromatic carbocycles. The summed E-state index contributed by atoms with van der Waals surface area (Å²) in [5, 5.41) is 28.0. The summed E-state index contributed by atoms with van der Waals surface area (Å²) in [6.45, 7) is 12.9. The number of aliphatic hydroxyl groups is 2. The molecular formula is C38H62N4O5. The Kier molecular flexibility index (Phi) is 18.7. The van der Waals surface area contributed by atoms with Crippen LogP contribution < -0.4 is 10.6 Å². The molecule has 5 atom stereocenters. The van der Waals surface area contributed by atoms with Gasteiger partial charge in [-0.3, -0.25) is 14.4 Å². The molecule has 2 rings (SSSR count). The van der Waals surface area contributed by atoms with Crippen LogP contribution in [0.5, 0.6) is 0 Å². The Morgan fingerprint density at radius 2 is 1.62 bits per heavy atom. The topological polar surface area (TPSA) is 122 Å². The number of carbonyl (C=O) groups is 3. The fraction of sp³-hybridized carbons (Fsp3) is 0.711. The van der Waals surface area contributed by atoms with Crippen molar-refractivity contribution in [1.29, 1.82) is 0 Å². The van der Waals surface area contributed by atoms with Crippen molar-refractivity contribution in [1.82, 2.24) is 20.4 Å². The van der Waals surface area contributed by atoms with E-state index in [2.05, 4.69) is 41.2 Å². The second-order valence-corrected chi connectivity index (χ2v) is 13.7. The lowest BCUT2D eigenvalue weighted by molar-refractivity contribution is -0.137. The Morgan fingerprint density at radius 1 is 0.957 bits per heavy atom. The molecule has 0 heterocycles. The molecule has 1 saturated carbocycles. The third-order valence-corrected chi connectivity index (χ3v) is 9.46. The summed E-state index contributed by atoms with van der Waals surface area (Å²) in [6, 6.07) is 7.94. The van der Waals surface area contributed by atoms with Crippen LogP contribution in [0.3, 0.4) is 0 Å². The second kappa shape index (κ2) is 21.8. The number of aliphatic hydroxyl groups excluding tert-OH is 2. The first-order chi connectivity index (χ1) is 22.5. The van der Waals surface area contributed by atoms with Crippen molar-refractivity contribution in [2.24, 2.45) is 17.8 Å². The standard InChI is InChI=1S/C38H62N4O5/c1-7-10-21-32(38(47)40-33(26-30-19-15-12-16-20-30)36(45)34(43)24-28(4)5)39-37(46)31(25-29-17-13-11-14-18-29)27-35(44)41(6)22-23-42(8-2)9-3/h11,13-14,17-18,28,30-34,36,43,45H,8-9,12,15-16,19-27H2,1-6H3,(H,39,46)(H,40,47)/t31?,32-,33?,34?,36+/m0/s1. The van der Waals surface area contributed by atoms with Gasteiger partial charge in [-0.1, -0.05) is 90.1 Å². The highest BCUT2D eigenvalue weighted by molar-refractivity contribution is 5.91. The molecule has 9 nitrogen and oxygen atoms in total. The molecular weight excluding hydrogens is 592 g/mol.